The van der Waals surface area contributed by atoms with Crippen LogP contribution in [0.15, 0.2) is 24.3 Å². The van der Waals surface area contributed by atoms with Crippen molar-refractivity contribution >= 4 is 33.8 Å². The zero-order valence-corrected chi connectivity index (χ0v) is 14.8. The van der Waals surface area contributed by atoms with Gasteiger partial charge >= 0.3 is 0 Å². The number of anilines is 1. The molecule has 1 atom stereocenters. The Labute approximate surface area is 150 Å². The van der Waals surface area contributed by atoms with Gasteiger partial charge in [-0.3, -0.25) is 4.79 Å². The van der Waals surface area contributed by atoms with Crippen molar-refractivity contribution in [2.24, 2.45) is 5.92 Å². The van der Waals surface area contributed by atoms with Gasteiger partial charge in [0.1, 0.15) is 16.8 Å². The lowest BCUT2D eigenvalue weighted by Gasteiger charge is -2.17. The predicted octanol–water partition coefficient (Wildman–Crippen LogP) is 4.42. The standard InChI is InChI=1S/C18H17ClN2O2S/c1-11-5-6-14-15(9-20)18(24-16(14)7-11)21-17(22)10-23-13-4-2-3-12(19)8-13/h2-4,8,11H,5-7,10H2,1H3,(H,21,22)/t11-/m1/s1. The monoisotopic (exact) mass is 360 g/mol. The first-order valence-corrected chi connectivity index (χ1v) is 8.99. The molecule has 3 rings (SSSR count). The molecule has 0 spiro atoms. The number of carbonyl (C=O) groups is 1. The summed E-state index contributed by atoms with van der Waals surface area (Å²) in [4.78, 5) is 13.4. The molecular formula is C18H17ClN2O2S. The van der Waals surface area contributed by atoms with E-state index in [1.807, 2.05) is 0 Å². The SMILES string of the molecule is C[C@@H]1CCc2c(sc(NC(=O)COc3cccc(Cl)c3)c2C#N)C1. The van der Waals surface area contributed by atoms with Gasteiger partial charge in [-0.2, -0.15) is 5.26 Å². The molecule has 24 heavy (non-hydrogen) atoms. The Bertz CT molecular complexity index is 810. The highest BCUT2D eigenvalue weighted by Gasteiger charge is 2.24. The first kappa shape index (κ1) is 16.8. The van der Waals surface area contributed by atoms with E-state index in [-0.39, 0.29) is 12.5 Å². The second-order valence-corrected chi connectivity index (χ2v) is 7.50. The van der Waals surface area contributed by atoms with Crippen LogP contribution in [0.5, 0.6) is 5.75 Å². The number of fused-ring (bicyclic) bond motifs is 1. The number of ether oxygens (including phenoxy) is 1. The van der Waals surface area contributed by atoms with Gasteiger partial charge in [-0.15, -0.1) is 11.3 Å². The Morgan fingerprint density at radius 2 is 2.38 bits per heavy atom. The van der Waals surface area contributed by atoms with Crippen molar-refractivity contribution in [1.82, 2.24) is 0 Å². The molecule has 1 aliphatic rings. The van der Waals surface area contributed by atoms with Crippen LogP contribution in [0.25, 0.3) is 0 Å². The van der Waals surface area contributed by atoms with Crippen molar-refractivity contribution in [3.63, 3.8) is 0 Å². The van der Waals surface area contributed by atoms with Crippen molar-refractivity contribution in [2.75, 3.05) is 11.9 Å². The molecule has 0 aliphatic heterocycles. The maximum absolute atomic E-state index is 12.1. The van der Waals surface area contributed by atoms with Gasteiger partial charge in [0.2, 0.25) is 0 Å². The average Bonchev–Trinajstić information content (AvgIpc) is 2.89. The van der Waals surface area contributed by atoms with E-state index in [9.17, 15) is 10.1 Å². The topological polar surface area (TPSA) is 62.1 Å². The van der Waals surface area contributed by atoms with Gasteiger partial charge in [-0.1, -0.05) is 24.6 Å². The van der Waals surface area contributed by atoms with Gasteiger partial charge in [0.25, 0.3) is 5.91 Å². The third kappa shape index (κ3) is 3.72. The van der Waals surface area contributed by atoms with E-state index < -0.39 is 0 Å². The molecule has 124 valence electrons. The maximum Gasteiger partial charge on any atom is 0.262 e. The fourth-order valence-corrected chi connectivity index (χ4v) is 4.38. The quantitative estimate of drug-likeness (QED) is 0.878. The summed E-state index contributed by atoms with van der Waals surface area (Å²) >= 11 is 7.40. The summed E-state index contributed by atoms with van der Waals surface area (Å²) in [5, 5.41) is 13.4. The molecule has 0 saturated heterocycles. The lowest BCUT2D eigenvalue weighted by molar-refractivity contribution is -0.118. The van der Waals surface area contributed by atoms with Crippen LogP contribution in [0.2, 0.25) is 5.02 Å². The van der Waals surface area contributed by atoms with E-state index in [2.05, 4.69) is 18.3 Å². The molecule has 0 fully saturated rings. The minimum absolute atomic E-state index is 0.121. The predicted molar refractivity (Wildman–Crippen MR) is 95.8 cm³/mol. The first-order chi connectivity index (χ1) is 11.6. The largest absolute Gasteiger partial charge is 0.484 e. The van der Waals surface area contributed by atoms with Crippen molar-refractivity contribution in [2.45, 2.75) is 26.2 Å². The summed E-state index contributed by atoms with van der Waals surface area (Å²) in [6, 6.07) is 9.14. The molecule has 1 aromatic carbocycles. The van der Waals surface area contributed by atoms with E-state index >= 15 is 0 Å². The van der Waals surface area contributed by atoms with E-state index in [4.69, 9.17) is 16.3 Å². The van der Waals surface area contributed by atoms with Crippen molar-refractivity contribution in [3.8, 4) is 11.8 Å². The number of nitrogens with zero attached hydrogens (tertiary/aromatic N) is 1. The van der Waals surface area contributed by atoms with E-state index in [1.165, 1.54) is 16.2 Å². The number of hydrogen-bond acceptors (Lipinski definition) is 4. The van der Waals surface area contributed by atoms with Crippen LogP contribution in [0.3, 0.4) is 0 Å². The summed E-state index contributed by atoms with van der Waals surface area (Å²) < 4.78 is 5.44. The average molecular weight is 361 g/mol. The number of amides is 1. The zero-order chi connectivity index (χ0) is 17.1. The van der Waals surface area contributed by atoms with Gasteiger partial charge in [0.15, 0.2) is 6.61 Å². The molecule has 1 aromatic heterocycles. The van der Waals surface area contributed by atoms with Gasteiger partial charge in [-0.25, -0.2) is 0 Å². The molecule has 0 bridgehead atoms. The summed E-state index contributed by atoms with van der Waals surface area (Å²) in [5.74, 6) is 0.882. The van der Waals surface area contributed by atoms with Gasteiger partial charge < -0.3 is 10.1 Å². The molecule has 1 aliphatic carbocycles. The number of benzene rings is 1. The van der Waals surface area contributed by atoms with Gasteiger partial charge in [0, 0.05) is 9.90 Å². The van der Waals surface area contributed by atoms with E-state index in [1.54, 1.807) is 24.3 Å². The molecule has 6 heteroatoms. The summed E-state index contributed by atoms with van der Waals surface area (Å²) in [6.45, 7) is 2.09. The Balaban J connectivity index is 1.67. The number of hydrogen-bond donors (Lipinski definition) is 1. The first-order valence-electron chi connectivity index (χ1n) is 7.79. The number of nitriles is 1. The van der Waals surface area contributed by atoms with Crippen LogP contribution in [0.1, 0.15) is 29.3 Å². The van der Waals surface area contributed by atoms with Crippen molar-refractivity contribution < 1.29 is 9.53 Å². The third-order valence-electron chi connectivity index (χ3n) is 4.04. The van der Waals surface area contributed by atoms with Crippen molar-refractivity contribution in [3.05, 3.63) is 45.3 Å². The van der Waals surface area contributed by atoms with Crippen LogP contribution in [-0.4, -0.2) is 12.5 Å². The van der Waals surface area contributed by atoms with Crippen LogP contribution >= 0.6 is 22.9 Å². The Kier molecular flexibility index (Phi) is 5.08. The summed E-state index contributed by atoms with van der Waals surface area (Å²) in [7, 11) is 0. The highest BCUT2D eigenvalue weighted by Crippen LogP contribution is 2.39. The number of rotatable bonds is 4. The smallest absolute Gasteiger partial charge is 0.262 e. The van der Waals surface area contributed by atoms with Crippen LogP contribution < -0.4 is 10.1 Å². The fourth-order valence-electron chi connectivity index (χ4n) is 2.83. The van der Waals surface area contributed by atoms with E-state index in [0.29, 0.717) is 27.3 Å². The third-order valence-corrected chi connectivity index (χ3v) is 5.45. The maximum atomic E-state index is 12.1. The lowest BCUT2D eigenvalue weighted by atomic mass is 9.89. The van der Waals surface area contributed by atoms with Crippen LogP contribution in [0.4, 0.5) is 5.00 Å². The normalized spacial score (nSPS) is 16.1. The molecule has 0 unspecified atom stereocenters. The van der Waals surface area contributed by atoms with Crippen LogP contribution in [0, 0.1) is 17.2 Å². The molecule has 1 amide bonds. The molecule has 0 radical (unpaired) electrons. The second-order valence-electron chi connectivity index (χ2n) is 5.96. The Morgan fingerprint density at radius 1 is 1.54 bits per heavy atom. The molecule has 4 nitrogen and oxygen atoms in total. The summed E-state index contributed by atoms with van der Waals surface area (Å²) in [5.41, 5.74) is 1.71. The van der Waals surface area contributed by atoms with Crippen LogP contribution in [-0.2, 0) is 17.6 Å². The molecule has 1 N–H and O–H groups in total. The summed E-state index contributed by atoms with van der Waals surface area (Å²) in [6.07, 6.45) is 2.97. The number of nitrogens with one attached hydrogen (secondary N) is 1. The van der Waals surface area contributed by atoms with Gasteiger partial charge in [0.05, 0.1) is 5.56 Å². The number of halogens is 1. The minimum Gasteiger partial charge on any atom is -0.484 e. The highest BCUT2D eigenvalue weighted by molar-refractivity contribution is 7.16. The zero-order valence-electron chi connectivity index (χ0n) is 13.3. The second kappa shape index (κ2) is 7.25. The minimum atomic E-state index is -0.280. The lowest BCUT2D eigenvalue weighted by Crippen LogP contribution is -2.20. The Morgan fingerprint density at radius 3 is 3.12 bits per heavy atom. The van der Waals surface area contributed by atoms with E-state index in [0.717, 1.165) is 24.8 Å². The molecule has 0 saturated carbocycles. The fraction of sp³-hybridized carbons (Fsp3) is 0.333. The highest BCUT2D eigenvalue weighted by atomic mass is 35.5. The van der Waals surface area contributed by atoms with Crippen molar-refractivity contribution in [1.29, 1.82) is 5.26 Å². The molecular weight excluding hydrogens is 344 g/mol. The molecule has 1 heterocycles. The van der Waals surface area contributed by atoms with Gasteiger partial charge in [-0.05, 0) is 48.9 Å². The number of carbonyl (C=O) groups excluding carboxylic acids is 1. The Hall–Kier alpha value is -2.03. The number of thiophene rings is 1. The molecule has 2 aromatic rings.